The molecule has 0 aliphatic carbocycles. The first-order valence-corrected chi connectivity index (χ1v) is 3.59. The number of carbonyl (C=O) groups excluding carboxylic acids is 1. The number of aliphatic hydroxyl groups excluding tert-OH is 2. The summed E-state index contributed by atoms with van der Waals surface area (Å²) in [6, 6.07) is -0.480. The molecule has 3 N–H and O–H groups in total. The standard InChI is InChI=1S/C6H12N2O4/c1-12-3-2-8-5(10)4(9)7-6(8)11/h4-5,9-10H,2-3H2,1H3,(H,7,11). The van der Waals surface area contributed by atoms with Crippen LogP contribution in [0.25, 0.3) is 0 Å². The number of methoxy groups -OCH3 is 1. The van der Waals surface area contributed by atoms with E-state index in [9.17, 15) is 9.90 Å². The largest absolute Gasteiger partial charge is 0.383 e. The maximum atomic E-state index is 10.9. The van der Waals surface area contributed by atoms with E-state index in [4.69, 9.17) is 9.84 Å². The number of rotatable bonds is 3. The van der Waals surface area contributed by atoms with Crippen LogP contribution in [0.15, 0.2) is 0 Å². The van der Waals surface area contributed by atoms with Gasteiger partial charge < -0.3 is 20.3 Å². The summed E-state index contributed by atoms with van der Waals surface area (Å²) >= 11 is 0. The van der Waals surface area contributed by atoms with Crippen molar-refractivity contribution in [3.8, 4) is 0 Å². The van der Waals surface area contributed by atoms with Gasteiger partial charge in [0.15, 0.2) is 12.5 Å². The van der Waals surface area contributed by atoms with Crippen LogP contribution in [0.5, 0.6) is 0 Å². The molecule has 70 valence electrons. The lowest BCUT2D eigenvalue weighted by Crippen LogP contribution is -2.38. The highest BCUT2D eigenvalue weighted by molar-refractivity contribution is 5.76. The number of ether oxygens (including phenoxy) is 1. The van der Waals surface area contributed by atoms with Gasteiger partial charge in [0.2, 0.25) is 0 Å². The molecule has 0 aromatic heterocycles. The van der Waals surface area contributed by atoms with Gasteiger partial charge in [-0.15, -0.1) is 0 Å². The molecule has 2 unspecified atom stereocenters. The molecule has 1 heterocycles. The monoisotopic (exact) mass is 176 g/mol. The average Bonchev–Trinajstić information content (AvgIpc) is 2.25. The van der Waals surface area contributed by atoms with E-state index >= 15 is 0 Å². The predicted octanol–water partition coefficient (Wildman–Crippen LogP) is -1.71. The minimum Gasteiger partial charge on any atom is -0.383 e. The van der Waals surface area contributed by atoms with Gasteiger partial charge >= 0.3 is 6.03 Å². The van der Waals surface area contributed by atoms with Gasteiger partial charge in [-0.1, -0.05) is 0 Å². The van der Waals surface area contributed by atoms with Crippen LogP contribution in [0, 0.1) is 0 Å². The molecule has 6 heteroatoms. The second kappa shape index (κ2) is 3.70. The molecule has 1 aliphatic heterocycles. The first-order valence-electron chi connectivity index (χ1n) is 3.59. The van der Waals surface area contributed by atoms with Crippen molar-refractivity contribution in [3.05, 3.63) is 0 Å². The Balaban J connectivity index is 2.46. The Morgan fingerprint density at radius 3 is 2.75 bits per heavy atom. The van der Waals surface area contributed by atoms with E-state index in [1.165, 1.54) is 7.11 Å². The van der Waals surface area contributed by atoms with Crippen molar-refractivity contribution in [3.63, 3.8) is 0 Å². The number of hydrogen-bond acceptors (Lipinski definition) is 4. The molecule has 0 bridgehead atoms. The van der Waals surface area contributed by atoms with Gasteiger partial charge in [0.05, 0.1) is 6.61 Å². The maximum absolute atomic E-state index is 10.9. The van der Waals surface area contributed by atoms with E-state index in [0.29, 0.717) is 6.61 Å². The third-order valence-corrected chi connectivity index (χ3v) is 1.67. The van der Waals surface area contributed by atoms with E-state index < -0.39 is 18.5 Å². The van der Waals surface area contributed by atoms with Crippen LogP contribution < -0.4 is 5.32 Å². The Hall–Kier alpha value is -0.850. The maximum Gasteiger partial charge on any atom is 0.321 e. The number of nitrogens with one attached hydrogen (secondary N) is 1. The molecular formula is C6H12N2O4. The average molecular weight is 176 g/mol. The Morgan fingerprint density at radius 2 is 2.33 bits per heavy atom. The summed E-state index contributed by atoms with van der Waals surface area (Å²) in [5.41, 5.74) is 0. The normalized spacial score (nSPS) is 29.2. The van der Waals surface area contributed by atoms with Gasteiger partial charge in [-0.3, -0.25) is 4.90 Å². The minimum atomic E-state index is -1.20. The number of amides is 2. The summed E-state index contributed by atoms with van der Waals surface area (Å²) in [6.45, 7) is 0.595. The fraction of sp³-hybridized carbons (Fsp3) is 0.833. The summed E-state index contributed by atoms with van der Waals surface area (Å²) in [6.07, 6.45) is -2.37. The van der Waals surface area contributed by atoms with Gasteiger partial charge in [-0.2, -0.15) is 0 Å². The van der Waals surface area contributed by atoms with Gasteiger partial charge in [-0.25, -0.2) is 4.79 Å². The summed E-state index contributed by atoms with van der Waals surface area (Å²) < 4.78 is 4.72. The molecule has 1 fully saturated rings. The van der Waals surface area contributed by atoms with Crippen LogP contribution in [-0.2, 0) is 4.74 Å². The Bertz CT molecular complexity index is 175. The summed E-state index contributed by atoms with van der Waals surface area (Å²) in [4.78, 5) is 12.0. The zero-order valence-electron chi connectivity index (χ0n) is 6.73. The first-order chi connectivity index (χ1) is 5.66. The highest BCUT2D eigenvalue weighted by Crippen LogP contribution is 2.08. The zero-order valence-corrected chi connectivity index (χ0v) is 6.73. The van der Waals surface area contributed by atoms with Crippen molar-refractivity contribution in [1.82, 2.24) is 10.2 Å². The van der Waals surface area contributed by atoms with Crippen molar-refractivity contribution in [2.24, 2.45) is 0 Å². The van der Waals surface area contributed by atoms with Crippen LogP contribution in [0.4, 0.5) is 4.79 Å². The molecule has 1 aliphatic rings. The molecule has 12 heavy (non-hydrogen) atoms. The molecule has 0 saturated carbocycles. The van der Waals surface area contributed by atoms with Gasteiger partial charge in [0.25, 0.3) is 0 Å². The lowest BCUT2D eigenvalue weighted by Gasteiger charge is -2.18. The fourth-order valence-electron chi connectivity index (χ4n) is 0.998. The second-order valence-electron chi connectivity index (χ2n) is 2.49. The lowest BCUT2D eigenvalue weighted by atomic mass is 10.5. The van der Waals surface area contributed by atoms with Gasteiger partial charge in [0.1, 0.15) is 0 Å². The molecule has 0 radical (unpaired) electrons. The predicted molar refractivity (Wildman–Crippen MR) is 39.1 cm³/mol. The Kier molecular flexibility index (Phi) is 2.85. The van der Waals surface area contributed by atoms with Crippen molar-refractivity contribution >= 4 is 6.03 Å². The van der Waals surface area contributed by atoms with Gasteiger partial charge in [0, 0.05) is 13.7 Å². The van der Waals surface area contributed by atoms with Crippen molar-refractivity contribution in [2.45, 2.75) is 12.5 Å². The first kappa shape index (κ1) is 9.24. The molecule has 0 spiro atoms. The van der Waals surface area contributed by atoms with E-state index in [0.717, 1.165) is 4.90 Å². The van der Waals surface area contributed by atoms with Gasteiger partial charge in [-0.05, 0) is 0 Å². The number of nitrogens with zero attached hydrogens (tertiary/aromatic N) is 1. The topological polar surface area (TPSA) is 82.0 Å². The van der Waals surface area contributed by atoms with Crippen LogP contribution in [0.3, 0.4) is 0 Å². The Morgan fingerprint density at radius 1 is 1.67 bits per heavy atom. The zero-order chi connectivity index (χ0) is 9.14. The van der Waals surface area contributed by atoms with Crippen molar-refractivity contribution in [1.29, 1.82) is 0 Å². The molecule has 1 rings (SSSR count). The lowest BCUT2D eigenvalue weighted by molar-refractivity contribution is -0.0390. The molecule has 0 aromatic carbocycles. The molecule has 2 amide bonds. The highest BCUT2D eigenvalue weighted by Gasteiger charge is 2.36. The van der Waals surface area contributed by atoms with E-state index in [2.05, 4.69) is 5.32 Å². The van der Waals surface area contributed by atoms with E-state index in [1.54, 1.807) is 0 Å². The van der Waals surface area contributed by atoms with Crippen molar-refractivity contribution < 1.29 is 19.7 Å². The van der Waals surface area contributed by atoms with Crippen molar-refractivity contribution in [2.75, 3.05) is 20.3 Å². The summed E-state index contributed by atoms with van der Waals surface area (Å²) in [5, 5.41) is 20.3. The SMILES string of the molecule is COCCN1C(=O)NC(O)C1O. The second-order valence-corrected chi connectivity index (χ2v) is 2.49. The number of urea groups is 1. The molecule has 0 aromatic rings. The quantitative estimate of drug-likeness (QED) is 0.478. The van der Waals surface area contributed by atoms with Crippen LogP contribution in [0.1, 0.15) is 0 Å². The highest BCUT2D eigenvalue weighted by atomic mass is 16.5. The smallest absolute Gasteiger partial charge is 0.321 e. The molecule has 1 saturated heterocycles. The molecular weight excluding hydrogens is 164 g/mol. The van der Waals surface area contributed by atoms with Crippen LogP contribution in [-0.4, -0.2) is 53.9 Å². The minimum absolute atomic E-state index is 0.264. The fourth-order valence-corrected chi connectivity index (χ4v) is 0.998. The third-order valence-electron chi connectivity index (χ3n) is 1.67. The third kappa shape index (κ3) is 1.66. The number of carbonyl (C=O) groups is 1. The van der Waals surface area contributed by atoms with E-state index in [1.807, 2.05) is 0 Å². The van der Waals surface area contributed by atoms with Crippen LogP contribution >= 0.6 is 0 Å². The van der Waals surface area contributed by atoms with E-state index in [-0.39, 0.29) is 6.54 Å². The Labute approximate surface area is 69.7 Å². The number of aliphatic hydroxyl groups is 2. The summed E-state index contributed by atoms with van der Waals surface area (Å²) in [7, 11) is 1.50. The molecule has 6 nitrogen and oxygen atoms in total. The van der Waals surface area contributed by atoms with Crippen LogP contribution in [0.2, 0.25) is 0 Å². The number of hydrogen-bond donors (Lipinski definition) is 3. The molecule has 2 atom stereocenters. The summed E-state index contributed by atoms with van der Waals surface area (Å²) in [5.74, 6) is 0.